The van der Waals surface area contributed by atoms with Crippen molar-refractivity contribution < 1.29 is 14.5 Å². The highest BCUT2D eigenvalue weighted by Crippen LogP contribution is 2.28. The van der Waals surface area contributed by atoms with Gasteiger partial charge in [0.05, 0.1) is 22.7 Å². The molecule has 0 spiro atoms. The van der Waals surface area contributed by atoms with E-state index in [9.17, 15) is 14.9 Å². The maximum absolute atomic E-state index is 11.8. The van der Waals surface area contributed by atoms with E-state index in [0.717, 1.165) is 0 Å². The van der Waals surface area contributed by atoms with E-state index in [1.807, 2.05) is 0 Å². The molecule has 0 amide bonds. The average molecular weight is 275 g/mol. The molecule has 0 bridgehead atoms. The van der Waals surface area contributed by atoms with E-state index in [2.05, 4.69) is 10.3 Å². The summed E-state index contributed by atoms with van der Waals surface area (Å²) in [6.07, 6.45) is 1.36. The summed E-state index contributed by atoms with van der Waals surface area (Å²) in [5, 5.41) is 14.3. The fourth-order valence-electron chi connectivity index (χ4n) is 1.93. The number of nitrogens with zero attached hydrogens (tertiary/aromatic N) is 2. The molecule has 0 aliphatic rings. The second-order valence-corrected chi connectivity index (χ2v) is 3.98. The molecule has 1 N–H and O–H groups in total. The standard InChI is InChI=1S/C13H13N3O4/c1-3-20-13(17)10-7-15-11-6-8(16(18)19)4-5-9(11)12(10)14-2/h4-7H,3H2,1-2H3,(H,14,15). The zero-order chi connectivity index (χ0) is 14.7. The molecule has 1 aromatic carbocycles. The maximum atomic E-state index is 11.8. The van der Waals surface area contributed by atoms with Crippen LogP contribution in [0.25, 0.3) is 10.9 Å². The molecule has 0 fully saturated rings. The third-order valence-electron chi connectivity index (χ3n) is 2.81. The van der Waals surface area contributed by atoms with Crippen LogP contribution in [0.4, 0.5) is 11.4 Å². The Morgan fingerprint density at radius 1 is 1.50 bits per heavy atom. The monoisotopic (exact) mass is 275 g/mol. The van der Waals surface area contributed by atoms with Crippen molar-refractivity contribution in [2.75, 3.05) is 19.0 Å². The Labute approximate surface area is 114 Å². The Bertz CT molecular complexity index is 685. The summed E-state index contributed by atoms with van der Waals surface area (Å²) in [4.78, 5) is 26.2. The van der Waals surface area contributed by atoms with Gasteiger partial charge in [-0.25, -0.2) is 4.79 Å². The predicted molar refractivity (Wildman–Crippen MR) is 73.9 cm³/mol. The third kappa shape index (κ3) is 2.37. The van der Waals surface area contributed by atoms with Crippen LogP contribution in [0.3, 0.4) is 0 Å². The van der Waals surface area contributed by atoms with E-state index < -0.39 is 10.9 Å². The highest BCUT2D eigenvalue weighted by molar-refractivity contribution is 6.05. The van der Waals surface area contributed by atoms with E-state index >= 15 is 0 Å². The van der Waals surface area contributed by atoms with Gasteiger partial charge in [-0.05, 0) is 13.0 Å². The molecule has 0 aliphatic carbocycles. The van der Waals surface area contributed by atoms with Crippen LogP contribution in [0.5, 0.6) is 0 Å². The van der Waals surface area contributed by atoms with Gasteiger partial charge in [-0.3, -0.25) is 15.1 Å². The summed E-state index contributed by atoms with van der Waals surface area (Å²) in [6.45, 7) is 1.98. The van der Waals surface area contributed by atoms with Gasteiger partial charge in [0.25, 0.3) is 5.69 Å². The van der Waals surface area contributed by atoms with Gasteiger partial charge in [-0.1, -0.05) is 0 Å². The lowest BCUT2D eigenvalue weighted by Crippen LogP contribution is -2.09. The lowest BCUT2D eigenvalue weighted by atomic mass is 10.1. The summed E-state index contributed by atoms with van der Waals surface area (Å²) in [7, 11) is 1.67. The first kappa shape index (κ1) is 13.7. The summed E-state index contributed by atoms with van der Waals surface area (Å²) in [5.41, 5.74) is 1.24. The molecule has 0 saturated carbocycles. The Hall–Kier alpha value is -2.70. The minimum absolute atomic E-state index is 0.0454. The number of aromatic nitrogens is 1. The van der Waals surface area contributed by atoms with Crippen molar-refractivity contribution in [3.05, 3.63) is 40.1 Å². The van der Waals surface area contributed by atoms with Gasteiger partial charge in [0, 0.05) is 30.8 Å². The topological polar surface area (TPSA) is 94.4 Å². The third-order valence-corrected chi connectivity index (χ3v) is 2.81. The van der Waals surface area contributed by atoms with Crippen molar-refractivity contribution >= 4 is 28.2 Å². The number of benzene rings is 1. The Balaban J connectivity index is 2.62. The van der Waals surface area contributed by atoms with Crippen molar-refractivity contribution in [3.8, 4) is 0 Å². The van der Waals surface area contributed by atoms with Crippen molar-refractivity contribution in [1.29, 1.82) is 0 Å². The van der Waals surface area contributed by atoms with Crippen molar-refractivity contribution in [2.45, 2.75) is 6.92 Å². The highest BCUT2D eigenvalue weighted by atomic mass is 16.6. The number of anilines is 1. The fraction of sp³-hybridized carbons (Fsp3) is 0.231. The molecule has 1 heterocycles. The Morgan fingerprint density at radius 3 is 2.85 bits per heavy atom. The van der Waals surface area contributed by atoms with Crippen LogP contribution in [0.15, 0.2) is 24.4 Å². The first-order valence-electron chi connectivity index (χ1n) is 6.00. The number of rotatable bonds is 4. The molecule has 104 valence electrons. The normalized spacial score (nSPS) is 10.3. The summed E-state index contributed by atoms with van der Waals surface area (Å²) in [6, 6.07) is 4.31. The number of hydrogen-bond acceptors (Lipinski definition) is 6. The van der Waals surface area contributed by atoms with Crippen molar-refractivity contribution in [2.24, 2.45) is 0 Å². The molecule has 2 aromatic rings. The Kier molecular flexibility index (Phi) is 3.79. The van der Waals surface area contributed by atoms with Crippen LogP contribution in [-0.4, -0.2) is 29.5 Å². The van der Waals surface area contributed by atoms with E-state index in [0.29, 0.717) is 22.2 Å². The number of carbonyl (C=O) groups excluding carboxylic acids is 1. The molecule has 20 heavy (non-hydrogen) atoms. The molecule has 7 heteroatoms. The SMILES string of the molecule is CCOC(=O)c1cnc2cc([N+](=O)[O-])ccc2c1NC. The number of nitro groups is 1. The molecule has 0 radical (unpaired) electrons. The van der Waals surface area contributed by atoms with Gasteiger partial charge in [0.15, 0.2) is 0 Å². The van der Waals surface area contributed by atoms with Crippen LogP contribution in [0, 0.1) is 10.1 Å². The van der Waals surface area contributed by atoms with Crippen LogP contribution < -0.4 is 5.32 Å². The number of pyridine rings is 1. The van der Waals surface area contributed by atoms with Gasteiger partial charge in [0.2, 0.25) is 0 Å². The number of esters is 1. The first-order chi connectivity index (χ1) is 9.58. The summed E-state index contributed by atoms with van der Waals surface area (Å²) >= 11 is 0. The smallest absolute Gasteiger partial charge is 0.341 e. The number of hydrogen-bond donors (Lipinski definition) is 1. The number of carbonyl (C=O) groups is 1. The molecular weight excluding hydrogens is 262 g/mol. The Morgan fingerprint density at radius 2 is 2.25 bits per heavy atom. The first-order valence-corrected chi connectivity index (χ1v) is 6.00. The van der Waals surface area contributed by atoms with Gasteiger partial charge >= 0.3 is 5.97 Å². The second-order valence-electron chi connectivity index (χ2n) is 3.98. The van der Waals surface area contributed by atoms with Gasteiger partial charge in [-0.15, -0.1) is 0 Å². The molecular formula is C13H13N3O4. The highest BCUT2D eigenvalue weighted by Gasteiger charge is 2.17. The minimum atomic E-state index is -0.487. The van der Waals surface area contributed by atoms with Crippen LogP contribution in [-0.2, 0) is 4.74 Å². The molecule has 0 aliphatic heterocycles. The molecule has 0 saturated heterocycles. The quantitative estimate of drug-likeness (QED) is 0.523. The minimum Gasteiger partial charge on any atom is -0.462 e. The zero-order valence-corrected chi connectivity index (χ0v) is 11.0. The zero-order valence-electron chi connectivity index (χ0n) is 11.0. The molecule has 0 unspecified atom stereocenters. The number of non-ortho nitro benzene ring substituents is 1. The second kappa shape index (κ2) is 5.52. The summed E-state index contributed by atoms with van der Waals surface area (Å²) in [5.74, 6) is -0.482. The maximum Gasteiger partial charge on any atom is 0.341 e. The molecule has 1 aromatic heterocycles. The molecule has 0 atom stereocenters. The predicted octanol–water partition coefficient (Wildman–Crippen LogP) is 2.36. The lowest BCUT2D eigenvalue weighted by Gasteiger charge is -2.11. The van der Waals surface area contributed by atoms with E-state index in [-0.39, 0.29) is 12.3 Å². The van der Waals surface area contributed by atoms with Crippen molar-refractivity contribution in [3.63, 3.8) is 0 Å². The fourth-order valence-corrected chi connectivity index (χ4v) is 1.93. The summed E-state index contributed by atoms with van der Waals surface area (Å²) < 4.78 is 4.95. The average Bonchev–Trinajstić information content (AvgIpc) is 2.45. The number of nitro benzene ring substituents is 1. The van der Waals surface area contributed by atoms with E-state index in [4.69, 9.17) is 4.74 Å². The number of ether oxygens (including phenoxy) is 1. The van der Waals surface area contributed by atoms with Gasteiger partial charge < -0.3 is 10.1 Å². The van der Waals surface area contributed by atoms with Gasteiger partial charge in [0.1, 0.15) is 5.56 Å². The van der Waals surface area contributed by atoms with Crippen molar-refractivity contribution in [1.82, 2.24) is 4.98 Å². The number of nitrogens with one attached hydrogen (secondary N) is 1. The molecule has 7 nitrogen and oxygen atoms in total. The number of fused-ring (bicyclic) bond motifs is 1. The van der Waals surface area contributed by atoms with Crippen LogP contribution >= 0.6 is 0 Å². The van der Waals surface area contributed by atoms with Crippen LogP contribution in [0.2, 0.25) is 0 Å². The molecule has 2 rings (SSSR count). The van der Waals surface area contributed by atoms with E-state index in [1.165, 1.54) is 18.3 Å². The largest absolute Gasteiger partial charge is 0.462 e. The van der Waals surface area contributed by atoms with Gasteiger partial charge in [-0.2, -0.15) is 0 Å². The van der Waals surface area contributed by atoms with Crippen LogP contribution in [0.1, 0.15) is 17.3 Å². The lowest BCUT2D eigenvalue weighted by molar-refractivity contribution is -0.384. The van der Waals surface area contributed by atoms with E-state index in [1.54, 1.807) is 20.0 Å².